The minimum Gasteiger partial charge on any atom is -0.314 e. The van der Waals surface area contributed by atoms with Crippen LogP contribution >= 0.6 is 11.8 Å². The summed E-state index contributed by atoms with van der Waals surface area (Å²) in [5, 5.41) is 7.54. The Balaban J connectivity index is 2.22. The molecule has 1 aromatic rings. The normalized spacial score (nSPS) is 10.7. The smallest absolute Gasteiger partial charge is 0.0762 e. The van der Waals surface area contributed by atoms with Crippen LogP contribution in [0.25, 0.3) is 0 Å². The largest absolute Gasteiger partial charge is 0.314 e. The van der Waals surface area contributed by atoms with Gasteiger partial charge < -0.3 is 5.32 Å². The number of hydrogen-bond acceptors (Lipinski definition) is 3. The number of nitrogens with zero attached hydrogens (tertiary/aromatic N) is 2. The number of hydrogen-bond donors (Lipinski definition) is 1. The lowest BCUT2D eigenvalue weighted by molar-refractivity contribution is 0.592. The fraction of sp³-hybridized carbons (Fsp3) is 0.700. The molecule has 0 saturated heterocycles. The summed E-state index contributed by atoms with van der Waals surface area (Å²) in [6.45, 7) is 4.09. The Bertz CT molecular complexity index is 247. The Morgan fingerprint density at radius 3 is 3.14 bits per heavy atom. The van der Waals surface area contributed by atoms with Crippen molar-refractivity contribution >= 4 is 11.8 Å². The predicted octanol–water partition coefficient (Wildman–Crippen LogP) is 1.75. The molecule has 1 aromatic heterocycles. The zero-order valence-corrected chi connectivity index (χ0v) is 9.81. The highest BCUT2D eigenvalue weighted by molar-refractivity contribution is 7.99. The molecule has 0 fully saturated rings. The van der Waals surface area contributed by atoms with Crippen LogP contribution in [-0.4, -0.2) is 28.3 Å². The molecule has 1 N–H and O–H groups in total. The molecular weight excluding hydrogens is 194 g/mol. The van der Waals surface area contributed by atoms with Crippen LogP contribution < -0.4 is 5.32 Å². The van der Waals surface area contributed by atoms with Gasteiger partial charge in [-0.3, -0.25) is 4.68 Å². The first-order chi connectivity index (χ1) is 6.86. The molecule has 0 unspecified atom stereocenters. The highest BCUT2D eigenvalue weighted by Gasteiger charge is 1.96. The Kier molecular flexibility index (Phi) is 5.71. The molecule has 1 rings (SSSR count). The SMILES string of the molecule is CCSCCCn1ccc(CNC)n1. The summed E-state index contributed by atoms with van der Waals surface area (Å²) < 4.78 is 2.03. The number of thioether (sulfide) groups is 1. The van der Waals surface area contributed by atoms with Gasteiger partial charge in [0.1, 0.15) is 0 Å². The van der Waals surface area contributed by atoms with E-state index in [-0.39, 0.29) is 0 Å². The third-order valence-corrected chi connectivity index (χ3v) is 2.92. The molecule has 0 aliphatic heterocycles. The second kappa shape index (κ2) is 6.90. The van der Waals surface area contributed by atoms with Crippen molar-refractivity contribution in [1.29, 1.82) is 0 Å². The molecule has 0 aromatic carbocycles. The predicted molar refractivity (Wildman–Crippen MR) is 62.6 cm³/mol. The molecular formula is C10H19N3S. The Morgan fingerprint density at radius 2 is 2.43 bits per heavy atom. The van der Waals surface area contributed by atoms with E-state index in [1.54, 1.807) is 0 Å². The average molecular weight is 213 g/mol. The summed E-state index contributed by atoms with van der Waals surface area (Å²) in [6, 6.07) is 2.07. The molecule has 0 atom stereocenters. The van der Waals surface area contributed by atoms with Crippen molar-refractivity contribution in [2.45, 2.75) is 26.4 Å². The Labute approximate surface area is 90.3 Å². The van der Waals surface area contributed by atoms with Gasteiger partial charge >= 0.3 is 0 Å². The van der Waals surface area contributed by atoms with Gasteiger partial charge in [0.25, 0.3) is 0 Å². The first-order valence-electron chi connectivity index (χ1n) is 5.11. The summed E-state index contributed by atoms with van der Waals surface area (Å²) in [4.78, 5) is 0. The van der Waals surface area contributed by atoms with Gasteiger partial charge in [0.05, 0.1) is 5.69 Å². The summed E-state index contributed by atoms with van der Waals surface area (Å²) in [5.74, 6) is 2.45. The van der Waals surface area contributed by atoms with Crippen molar-refractivity contribution in [3.8, 4) is 0 Å². The molecule has 0 aliphatic carbocycles. The first kappa shape index (κ1) is 11.6. The lowest BCUT2D eigenvalue weighted by atomic mass is 10.4. The van der Waals surface area contributed by atoms with Gasteiger partial charge in [-0.05, 0) is 31.0 Å². The van der Waals surface area contributed by atoms with Crippen LogP contribution in [-0.2, 0) is 13.1 Å². The van der Waals surface area contributed by atoms with E-state index in [4.69, 9.17) is 0 Å². The molecule has 80 valence electrons. The van der Waals surface area contributed by atoms with Gasteiger partial charge in [-0.1, -0.05) is 6.92 Å². The van der Waals surface area contributed by atoms with Gasteiger partial charge in [-0.15, -0.1) is 0 Å². The topological polar surface area (TPSA) is 29.9 Å². The second-order valence-corrected chi connectivity index (χ2v) is 4.54. The van der Waals surface area contributed by atoms with E-state index in [1.807, 2.05) is 23.5 Å². The summed E-state index contributed by atoms with van der Waals surface area (Å²) in [5.41, 5.74) is 1.12. The minimum absolute atomic E-state index is 0.858. The van der Waals surface area contributed by atoms with Crippen molar-refractivity contribution in [2.24, 2.45) is 0 Å². The van der Waals surface area contributed by atoms with E-state index in [0.29, 0.717) is 0 Å². The molecule has 3 nitrogen and oxygen atoms in total. The molecule has 14 heavy (non-hydrogen) atoms. The van der Waals surface area contributed by atoms with E-state index in [9.17, 15) is 0 Å². The Hall–Kier alpha value is -0.480. The second-order valence-electron chi connectivity index (χ2n) is 3.15. The maximum Gasteiger partial charge on any atom is 0.0762 e. The highest BCUT2D eigenvalue weighted by Crippen LogP contribution is 2.03. The molecule has 0 aliphatic rings. The van der Waals surface area contributed by atoms with Crippen molar-refractivity contribution in [1.82, 2.24) is 15.1 Å². The summed E-state index contributed by atoms with van der Waals surface area (Å²) in [7, 11) is 1.94. The van der Waals surface area contributed by atoms with Crippen molar-refractivity contribution in [3.63, 3.8) is 0 Å². The lowest BCUT2D eigenvalue weighted by Gasteiger charge is -2.00. The van der Waals surface area contributed by atoms with Crippen LogP contribution in [0.15, 0.2) is 12.3 Å². The fourth-order valence-electron chi connectivity index (χ4n) is 1.28. The summed E-state index contributed by atoms with van der Waals surface area (Å²) in [6.07, 6.45) is 3.27. The third kappa shape index (κ3) is 4.15. The third-order valence-electron chi connectivity index (χ3n) is 1.93. The van der Waals surface area contributed by atoms with E-state index in [2.05, 4.69) is 29.6 Å². The maximum atomic E-state index is 4.44. The molecule has 0 radical (unpaired) electrons. The van der Waals surface area contributed by atoms with Crippen LogP contribution in [0.3, 0.4) is 0 Å². The molecule has 0 bridgehead atoms. The Morgan fingerprint density at radius 1 is 1.57 bits per heavy atom. The van der Waals surface area contributed by atoms with Crippen LogP contribution in [0.1, 0.15) is 19.0 Å². The van der Waals surface area contributed by atoms with Crippen LogP contribution in [0, 0.1) is 0 Å². The quantitative estimate of drug-likeness (QED) is 0.700. The molecule has 4 heteroatoms. The first-order valence-corrected chi connectivity index (χ1v) is 6.27. The van der Waals surface area contributed by atoms with E-state index < -0.39 is 0 Å². The zero-order chi connectivity index (χ0) is 10.2. The van der Waals surface area contributed by atoms with E-state index in [0.717, 1.165) is 18.8 Å². The number of nitrogens with one attached hydrogen (secondary N) is 1. The van der Waals surface area contributed by atoms with Gasteiger partial charge in [0.15, 0.2) is 0 Å². The molecule has 0 saturated carbocycles. The van der Waals surface area contributed by atoms with Gasteiger partial charge in [-0.25, -0.2) is 0 Å². The zero-order valence-electron chi connectivity index (χ0n) is 8.99. The van der Waals surface area contributed by atoms with Crippen LogP contribution in [0.5, 0.6) is 0 Å². The van der Waals surface area contributed by atoms with Crippen LogP contribution in [0.2, 0.25) is 0 Å². The van der Waals surface area contributed by atoms with E-state index >= 15 is 0 Å². The van der Waals surface area contributed by atoms with Gasteiger partial charge in [-0.2, -0.15) is 16.9 Å². The monoisotopic (exact) mass is 213 g/mol. The standard InChI is InChI=1S/C10H19N3S/c1-3-14-8-4-6-13-7-5-10(12-13)9-11-2/h5,7,11H,3-4,6,8-9H2,1-2H3. The summed E-state index contributed by atoms with van der Waals surface area (Å²) >= 11 is 1.99. The fourth-order valence-corrected chi connectivity index (χ4v) is 1.90. The highest BCUT2D eigenvalue weighted by atomic mass is 32.2. The number of rotatable bonds is 7. The van der Waals surface area contributed by atoms with Crippen molar-refractivity contribution in [2.75, 3.05) is 18.6 Å². The molecule has 1 heterocycles. The van der Waals surface area contributed by atoms with E-state index in [1.165, 1.54) is 17.9 Å². The van der Waals surface area contributed by atoms with Gasteiger partial charge in [0, 0.05) is 19.3 Å². The van der Waals surface area contributed by atoms with Crippen molar-refractivity contribution < 1.29 is 0 Å². The number of aromatic nitrogens is 2. The van der Waals surface area contributed by atoms with Crippen LogP contribution in [0.4, 0.5) is 0 Å². The van der Waals surface area contributed by atoms with Crippen molar-refractivity contribution in [3.05, 3.63) is 18.0 Å². The number of aryl methyl sites for hydroxylation is 1. The maximum absolute atomic E-state index is 4.44. The average Bonchev–Trinajstić information content (AvgIpc) is 2.61. The lowest BCUT2D eigenvalue weighted by Crippen LogP contribution is -2.07. The molecule has 0 amide bonds. The molecule has 0 spiro atoms. The van der Waals surface area contributed by atoms with Gasteiger partial charge in [0.2, 0.25) is 0 Å². The minimum atomic E-state index is 0.858.